The van der Waals surface area contributed by atoms with Crippen molar-refractivity contribution in [2.75, 3.05) is 6.54 Å². The van der Waals surface area contributed by atoms with Crippen LogP contribution in [0.1, 0.15) is 63.1 Å². The molecule has 4 heteroatoms. The quantitative estimate of drug-likeness (QED) is 0.555. The van der Waals surface area contributed by atoms with E-state index in [0.717, 1.165) is 17.1 Å². The molecule has 0 aromatic heterocycles. The first kappa shape index (κ1) is 19.2. The maximum Gasteiger partial charge on any atom is 0.379 e. The molecule has 1 aliphatic heterocycles. The minimum absolute atomic E-state index is 0.338. The molecule has 0 fully saturated rings. The number of benzene rings is 2. The summed E-state index contributed by atoms with van der Waals surface area (Å²) in [4.78, 5) is 11.5. The zero-order valence-electron chi connectivity index (χ0n) is 16.7. The van der Waals surface area contributed by atoms with Crippen molar-refractivity contribution < 1.29 is 18.8 Å². The Hall–Kier alpha value is -2.62. The van der Waals surface area contributed by atoms with Crippen molar-refractivity contribution in [3.63, 3.8) is 0 Å². The summed E-state index contributed by atoms with van der Waals surface area (Å²) in [5.74, 6) is 1.12. The molecule has 142 valence electrons. The summed E-state index contributed by atoms with van der Waals surface area (Å²) in [5, 5.41) is 0. The molecule has 0 aliphatic carbocycles. The van der Waals surface area contributed by atoms with Crippen molar-refractivity contribution in [3.05, 3.63) is 65.2 Å². The predicted molar refractivity (Wildman–Crippen MR) is 107 cm³/mol. The minimum atomic E-state index is -0.613. The molecule has 2 aromatic rings. The third-order valence-corrected chi connectivity index (χ3v) is 4.75. The highest BCUT2D eigenvalue weighted by Crippen LogP contribution is 2.36. The summed E-state index contributed by atoms with van der Waals surface area (Å²) in [5.41, 5.74) is 4.67. The van der Waals surface area contributed by atoms with Crippen LogP contribution >= 0.6 is 0 Å². The molecular formula is C23H28NO3+. The molecule has 1 atom stereocenters. The Morgan fingerprint density at radius 3 is 2.11 bits per heavy atom. The molecule has 2 aromatic carbocycles. The zero-order valence-corrected chi connectivity index (χ0v) is 16.7. The van der Waals surface area contributed by atoms with E-state index in [2.05, 4.69) is 50.5 Å². The summed E-state index contributed by atoms with van der Waals surface area (Å²) in [7, 11) is 0. The van der Waals surface area contributed by atoms with Crippen molar-refractivity contribution in [1.82, 2.24) is 0 Å². The molecule has 1 heterocycles. The van der Waals surface area contributed by atoms with Crippen LogP contribution in [0.4, 0.5) is 5.69 Å². The maximum atomic E-state index is 11.5. The Bertz CT molecular complexity index is 827. The van der Waals surface area contributed by atoms with Crippen LogP contribution in [0.3, 0.4) is 0 Å². The predicted octanol–water partition coefficient (Wildman–Crippen LogP) is 4.94. The van der Waals surface area contributed by atoms with E-state index in [1.807, 2.05) is 30.3 Å². The monoisotopic (exact) mass is 366 g/mol. The van der Waals surface area contributed by atoms with E-state index in [9.17, 15) is 4.79 Å². The lowest BCUT2D eigenvalue weighted by atomic mass is 9.92. The van der Waals surface area contributed by atoms with Gasteiger partial charge >= 0.3 is 18.2 Å². The highest BCUT2D eigenvalue weighted by molar-refractivity contribution is 5.92. The van der Waals surface area contributed by atoms with Crippen LogP contribution < -0.4 is 0 Å². The standard InChI is InChI=1S/C23H28NO3/c1-15(2)19-12-9-13-20(16(3)4)22(19)24-14-21(26-17(5)25)27-23(24)18-10-7-6-8-11-18/h6-13,15-16,21H,14H2,1-5H3/q+1. The number of esters is 1. The molecule has 0 bridgehead atoms. The largest absolute Gasteiger partial charge is 0.418 e. The van der Waals surface area contributed by atoms with Crippen molar-refractivity contribution in [2.45, 2.75) is 52.7 Å². The van der Waals surface area contributed by atoms with Gasteiger partial charge in [-0.2, -0.15) is 4.58 Å². The number of carbonyl (C=O) groups excluding carboxylic acids is 1. The van der Waals surface area contributed by atoms with Gasteiger partial charge in [0, 0.05) is 18.1 Å². The molecule has 0 radical (unpaired) electrons. The van der Waals surface area contributed by atoms with E-state index in [-0.39, 0.29) is 5.97 Å². The Morgan fingerprint density at radius 1 is 1.00 bits per heavy atom. The smallest absolute Gasteiger partial charge is 0.379 e. The highest BCUT2D eigenvalue weighted by atomic mass is 16.7. The first-order chi connectivity index (χ1) is 12.9. The minimum Gasteiger partial charge on any atom is -0.418 e. The molecule has 3 rings (SSSR count). The van der Waals surface area contributed by atoms with Gasteiger partial charge in [0.05, 0.1) is 5.56 Å². The second-order valence-corrected chi connectivity index (χ2v) is 7.53. The molecular weight excluding hydrogens is 338 g/mol. The van der Waals surface area contributed by atoms with Crippen molar-refractivity contribution in [1.29, 1.82) is 0 Å². The van der Waals surface area contributed by atoms with Gasteiger partial charge in [0.25, 0.3) is 0 Å². The lowest BCUT2D eigenvalue weighted by Crippen LogP contribution is -2.22. The molecule has 0 spiro atoms. The number of para-hydroxylation sites is 1. The number of nitrogens with zero attached hydrogens (tertiary/aromatic N) is 1. The molecule has 0 saturated carbocycles. The zero-order chi connectivity index (χ0) is 19.6. The summed E-state index contributed by atoms with van der Waals surface area (Å²) < 4.78 is 13.7. The molecule has 0 saturated heterocycles. The van der Waals surface area contributed by atoms with Crippen molar-refractivity contribution >= 4 is 17.6 Å². The van der Waals surface area contributed by atoms with E-state index >= 15 is 0 Å². The van der Waals surface area contributed by atoms with Gasteiger partial charge in [0.15, 0.2) is 0 Å². The van der Waals surface area contributed by atoms with Gasteiger partial charge in [-0.1, -0.05) is 64.1 Å². The first-order valence-corrected chi connectivity index (χ1v) is 9.55. The van der Waals surface area contributed by atoms with Crippen LogP contribution in [-0.4, -0.2) is 29.3 Å². The third kappa shape index (κ3) is 4.05. The number of ether oxygens (including phenoxy) is 2. The SMILES string of the molecule is CC(=O)OC1C[N+](c2c(C(C)C)cccc2C(C)C)=C(c2ccccc2)O1. The van der Waals surface area contributed by atoms with Crippen LogP contribution in [0.15, 0.2) is 48.5 Å². The molecule has 0 N–H and O–H groups in total. The normalized spacial score (nSPS) is 16.8. The van der Waals surface area contributed by atoms with Crippen LogP contribution in [0.25, 0.3) is 0 Å². The van der Waals surface area contributed by atoms with Gasteiger partial charge in [0.1, 0.15) is 0 Å². The topological polar surface area (TPSA) is 38.5 Å². The number of hydrogen-bond donors (Lipinski definition) is 0. The highest BCUT2D eigenvalue weighted by Gasteiger charge is 2.40. The number of carbonyl (C=O) groups is 1. The Kier molecular flexibility index (Phi) is 5.64. The molecule has 27 heavy (non-hydrogen) atoms. The fourth-order valence-corrected chi connectivity index (χ4v) is 3.52. The van der Waals surface area contributed by atoms with E-state index in [4.69, 9.17) is 9.47 Å². The Balaban J connectivity index is 2.20. The summed E-state index contributed by atoms with van der Waals surface area (Å²) in [6, 6.07) is 16.5. The molecule has 1 aliphatic rings. The number of rotatable bonds is 5. The van der Waals surface area contributed by atoms with Crippen LogP contribution in [0, 0.1) is 0 Å². The lowest BCUT2D eigenvalue weighted by molar-refractivity contribution is -0.440. The molecule has 4 nitrogen and oxygen atoms in total. The average molecular weight is 366 g/mol. The fourth-order valence-electron chi connectivity index (χ4n) is 3.52. The molecule has 0 amide bonds. The third-order valence-electron chi connectivity index (χ3n) is 4.75. The summed E-state index contributed by atoms with van der Waals surface area (Å²) in [6.45, 7) is 10.7. The van der Waals surface area contributed by atoms with Gasteiger partial charge < -0.3 is 9.47 Å². The van der Waals surface area contributed by atoms with Crippen LogP contribution in [-0.2, 0) is 14.3 Å². The Morgan fingerprint density at radius 2 is 1.59 bits per heavy atom. The second kappa shape index (κ2) is 7.95. The first-order valence-electron chi connectivity index (χ1n) is 9.55. The summed E-state index contributed by atoms with van der Waals surface area (Å²) >= 11 is 0. The Labute approximate surface area is 161 Å². The van der Waals surface area contributed by atoms with E-state index < -0.39 is 6.29 Å². The van der Waals surface area contributed by atoms with Crippen molar-refractivity contribution in [2.24, 2.45) is 0 Å². The van der Waals surface area contributed by atoms with Gasteiger partial charge in [-0.15, -0.1) is 0 Å². The van der Waals surface area contributed by atoms with E-state index in [1.165, 1.54) is 18.1 Å². The number of hydrogen-bond acceptors (Lipinski definition) is 3. The average Bonchev–Trinajstić information content (AvgIpc) is 3.04. The fraction of sp³-hybridized carbons (Fsp3) is 0.391. The second-order valence-electron chi connectivity index (χ2n) is 7.53. The lowest BCUT2D eigenvalue weighted by Gasteiger charge is -2.15. The van der Waals surface area contributed by atoms with E-state index in [1.54, 1.807) is 0 Å². The van der Waals surface area contributed by atoms with Gasteiger partial charge in [-0.25, -0.2) is 0 Å². The molecule has 1 unspecified atom stereocenters. The van der Waals surface area contributed by atoms with Crippen molar-refractivity contribution in [3.8, 4) is 0 Å². The van der Waals surface area contributed by atoms with Gasteiger partial charge in [0.2, 0.25) is 12.2 Å². The van der Waals surface area contributed by atoms with Crippen LogP contribution in [0.5, 0.6) is 0 Å². The van der Waals surface area contributed by atoms with Crippen LogP contribution in [0.2, 0.25) is 0 Å². The van der Waals surface area contributed by atoms with Gasteiger partial charge in [-0.05, 0) is 24.0 Å². The van der Waals surface area contributed by atoms with Gasteiger partial charge in [-0.3, -0.25) is 4.79 Å². The maximum absolute atomic E-state index is 11.5. The van der Waals surface area contributed by atoms with E-state index in [0.29, 0.717) is 18.4 Å². The summed E-state index contributed by atoms with van der Waals surface area (Å²) in [6.07, 6.45) is -0.613.